The molecule has 0 aromatic carbocycles. The Morgan fingerprint density at radius 2 is 2.11 bits per heavy atom. The lowest BCUT2D eigenvalue weighted by atomic mass is 10.0. The van der Waals surface area contributed by atoms with E-state index in [0.717, 1.165) is 26.3 Å². The number of aliphatic hydroxyl groups is 1. The average Bonchev–Trinajstić information content (AvgIpc) is 2.79. The highest BCUT2D eigenvalue weighted by Crippen LogP contribution is 2.23. The van der Waals surface area contributed by atoms with Crippen LogP contribution in [0.15, 0.2) is 0 Å². The van der Waals surface area contributed by atoms with Gasteiger partial charge in [-0.1, -0.05) is 0 Å². The van der Waals surface area contributed by atoms with Gasteiger partial charge in [0.05, 0.1) is 38.4 Å². The Morgan fingerprint density at radius 3 is 2.79 bits per heavy atom. The van der Waals surface area contributed by atoms with Gasteiger partial charge in [0.2, 0.25) is 5.91 Å². The molecule has 0 unspecified atom stereocenters. The number of hydrogen-bond donors (Lipinski definition) is 1. The number of rotatable bonds is 5. The van der Waals surface area contributed by atoms with Crippen LogP contribution in [-0.2, 0) is 14.3 Å². The number of ether oxygens (including phenoxy) is 2. The summed E-state index contributed by atoms with van der Waals surface area (Å²) < 4.78 is 10.2. The maximum Gasteiger partial charge on any atom is 0.224 e. The molecule has 2 aliphatic heterocycles. The molecule has 0 radical (unpaired) electrons. The third kappa shape index (κ3) is 4.14. The summed E-state index contributed by atoms with van der Waals surface area (Å²) >= 11 is 0. The van der Waals surface area contributed by atoms with Crippen molar-refractivity contribution in [3.05, 3.63) is 0 Å². The van der Waals surface area contributed by atoms with Crippen LogP contribution in [0.2, 0.25) is 0 Å². The number of methoxy groups -OCH3 is 1. The number of morpholine rings is 1. The molecule has 0 aromatic heterocycles. The molecule has 2 saturated heterocycles. The Morgan fingerprint density at radius 1 is 1.37 bits per heavy atom. The van der Waals surface area contributed by atoms with E-state index in [0.29, 0.717) is 39.1 Å². The maximum atomic E-state index is 11.9. The van der Waals surface area contributed by atoms with E-state index in [1.165, 1.54) is 0 Å². The summed E-state index contributed by atoms with van der Waals surface area (Å²) in [6, 6.07) is 0. The molecule has 2 fully saturated rings. The first-order valence-corrected chi connectivity index (χ1v) is 6.92. The monoisotopic (exact) mass is 272 g/mol. The summed E-state index contributed by atoms with van der Waals surface area (Å²) in [5.41, 5.74) is -0.764. The summed E-state index contributed by atoms with van der Waals surface area (Å²) in [6.45, 7) is 5.33. The zero-order valence-corrected chi connectivity index (χ0v) is 11.6. The lowest BCUT2D eigenvalue weighted by Crippen LogP contribution is -2.49. The lowest BCUT2D eigenvalue weighted by Gasteiger charge is -2.33. The number of β-amino-alcohol motifs (C(OH)–C–C–N with tert-alkyl or cyclic N) is 1. The molecule has 0 aliphatic carbocycles. The van der Waals surface area contributed by atoms with Gasteiger partial charge in [0, 0.05) is 33.3 Å². The highest BCUT2D eigenvalue weighted by Gasteiger charge is 2.39. The molecule has 1 amide bonds. The van der Waals surface area contributed by atoms with Crippen LogP contribution in [0, 0.1) is 0 Å². The first-order valence-electron chi connectivity index (χ1n) is 6.92. The summed E-state index contributed by atoms with van der Waals surface area (Å²) in [7, 11) is 1.59. The molecular formula is C13H24N2O4. The third-order valence-corrected chi connectivity index (χ3v) is 3.83. The molecule has 6 nitrogen and oxygen atoms in total. The van der Waals surface area contributed by atoms with Crippen LogP contribution < -0.4 is 0 Å². The maximum absolute atomic E-state index is 11.9. The van der Waals surface area contributed by atoms with E-state index in [2.05, 4.69) is 4.90 Å². The van der Waals surface area contributed by atoms with Crippen molar-refractivity contribution < 1.29 is 19.4 Å². The highest BCUT2D eigenvalue weighted by atomic mass is 16.5. The van der Waals surface area contributed by atoms with E-state index in [9.17, 15) is 9.90 Å². The predicted octanol–water partition coefficient (Wildman–Crippen LogP) is -0.681. The zero-order chi connectivity index (χ0) is 13.7. The largest absolute Gasteiger partial charge is 0.387 e. The first-order chi connectivity index (χ1) is 9.13. The quantitative estimate of drug-likeness (QED) is 0.718. The van der Waals surface area contributed by atoms with Crippen LogP contribution >= 0.6 is 0 Å². The molecule has 2 rings (SSSR count). The van der Waals surface area contributed by atoms with Crippen LogP contribution in [0.4, 0.5) is 0 Å². The average molecular weight is 272 g/mol. The van der Waals surface area contributed by atoms with Gasteiger partial charge in [0.1, 0.15) is 0 Å². The van der Waals surface area contributed by atoms with E-state index in [4.69, 9.17) is 9.47 Å². The van der Waals surface area contributed by atoms with Crippen molar-refractivity contribution in [2.24, 2.45) is 0 Å². The second-order valence-electron chi connectivity index (χ2n) is 5.42. The van der Waals surface area contributed by atoms with Gasteiger partial charge in [-0.15, -0.1) is 0 Å². The summed E-state index contributed by atoms with van der Waals surface area (Å²) in [5, 5.41) is 10.6. The van der Waals surface area contributed by atoms with E-state index in [1.807, 2.05) is 0 Å². The van der Waals surface area contributed by atoms with E-state index >= 15 is 0 Å². The Balaban J connectivity index is 1.80. The van der Waals surface area contributed by atoms with Crippen molar-refractivity contribution in [1.29, 1.82) is 0 Å². The summed E-state index contributed by atoms with van der Waals surface area (Å²) in [4.78, 5) is 15.8. The number of likely N-dealkylation sites (tertiary alicyclic amines) is 1. The number of nitrogens with zero attached hydrogens (tertiary/aromatic N) is 2. The minimum absolute atomic E-state index is 0.0692. The third-order valence-electron chi connectivity index (χ3n) is 3.83. The predicted molar refractivity (Wildman–Crippen MR) is 69.9 cm³/mol. The van der Waals surface area contributed by atoms with Gasteiger partial charge < -0.3 is 19.5 Å². The molecule has 110 valence electrons. The minimum atomic E-state index is -0.764. The van der Waals surface area contributed by atoms with E-state index < -0.39 is 5.60 Å². The molecule has 6 heteroatoms. The molecule has 0 aromatic rings. The molecule has 0 spiro atoms. The SMILES string of the molecule is COCCC(=O)N1CC[C@](O)(CN2CCOCC2)C1. The van der Waals surface area contributed by atoms with E-state index in [-0.39, 0.29) is 5.91 Å². The normalized spacial score (nSPS) is 28.8. The van der Waals surface area contributed by atoms with Crippen molar-refractivity contribution in [2.45, 2.75) is 18.4 Å². The van der Waals surface area contributed by atoms with Gasteiger partial charge in [-0.3, -0.25) is 9.69 Å². The Labute approximate surface area is 114 Å². The molecule has 0 bridgehead atoms. The molecule has 1 N–H and O–H groups in total. The van der Waals surface area contributed by atoms with Crippen LogP contribution in [0.1, 0.15) is 12.8 Å². The van der Waals surface area contributed by atoms with Crippen LogP contribution in [0.3, 0.4) is 0 Å². The second kappa shape index (κ2) is 6.65. The summed E-state index contributed by atoms with van der Waals surface area (Å²) in [5.74, 6) is 0.0692. The van der Waals surface area contributed by atoms with Crippen LogP contribution in [-0.4, -0.2) is 86.1 Å². The Hall–Kier alpha value is -0.690. The molecule has 1 atom stereocenters. The van der Waals surface area contributed by atoms with Gasteiger partial charge in [0.15, 0.2) is 0 Å². The van der Waals surface area contributed by atoms with Crippen molar-refractivity contribution in [3.8, 4) is 0 Å². The molecule has 2 aliphatic rings. The Kier molecular flexibility index (Phi) is 5.15. The summed E-state index contributed by atoms with van der Waals surface area (Å²) in [6.07, 6.45) is 1.05. The minimum Gasteiger partial charge on any atom is -0.387 e. The van der Waals surface area contributed by atoms with Crippen molar-refractivity contribution in [1.82, 2.24) is 9.80 Å². The fourth-order valence-electron chi connectivity index (χ4n) is 2.72. The van der Waals surface area contributed by atoms with Crippen LogP contribution in [0.5, 0.6) is 0 Å². The van der Waals surface area contributed by atoms with Crippen molar-refractivity contribution in [3.63, 3.8) is 0 Å². The Bertz CT molecular complexity index is 307. The fourth-order valence-corrected chi connectivity index (χ4v) is 2.72. The topological polar surface area (TPSA) is 62.2 Å². The number of carbonyl (C=O) groups excluding carboxylic acids is 1. The first kappa shape index (κ1) is 14.7. The number of hydrogen-bond acceptors (Lipinski definition) is 5. The molecule has 19 heavy (non-hydrogen) atoms. The number of amides is 1. The van der Waals surface area contributed by atoms with Gasteiger partial charge in [-0.25, -0.2) is 0 Å². The van der Waals surface area contributed by atoms with E-state index in [1.54, 1.807) is 12.0 Å². The van der Waals surface area contributed by atoms with Crippen LogP contribution in [0.25, 0.3) is 0 Å². The lowest BCUT2D eigenvalue weighted by molar-refractivity contribution is -0.132. The molecule has 0 saturated carbocycles. The standard InChI is InChI=1S/C13H24N2O4/c1-18-7-2-12(16)15-4-3-13(17,11-15)10-14-5-8-19-9-6-14/h17H,2-11H2,1H3/t13-/m0/s1. The van der Waals surface area contributed by atoms with Crippen molar-refractivity contribution >= 4 is 5.91 Å². The fraction of sp³-hybridized carbons (Fsp3) is 0.923. The number of carbonyl (C=O) groups is 1. The highest BCUT2D eigenvalue weighted by molar-refractivity contribution is 5.76. The van der Waals surface area contributed by atoms with Gasteiger partial charge in [-0.05, 0) is 6.42 Å². The second-order valence-corrected chi connectivity index (χ2v) is 5.42. The van der Waals surface area contributed by atoms with Gasteiger partial charge in [0.25, 0.3) is 0 Å². The zero-order valence-electron chi connectivity index (χ0n) is 11.6. The van der Waals surface area contributed by atoms with Gasteiger partial charge >= 0.3 is 0 Å². The molecule has 2 heterocycles. The molecular weight excluding hydrogens is 248 g/mol. The van der Waals surface area contributed by atoms with Gasteiger partial charge in [-0.2, -0.15) is 0 Å². The van der Waals surface area contributed by atoms with Crippen molar-refractivity contribution in [2.75, 3.05) is 59.7 Å². The smallest absolute Gasteiger partial charge is 0.224 e.